The predicted octanol–water partition coefficient (Wildman–Crippen LogP) is 3.60. The highest BCUT2D eigenvalue weighted by molar-refractivity contribution is 9.10. The second-order valence-corrected chi connectivity index (χ2v) is 5.03. The summed E-state index contributed by atoms with van der Waals surface area (Å²) in [5.41, 5.74) is 0.590. The fraction of sp³-hybridized carbons (Fsp3) is 0.154. The van der Waals surface area contributed by atoms with E-state index in [1.54, 1.807) is 25.1 Å². The summed E-state index contributed by atoms with van der Waals surface area (Å²) < 4.78 is 6.00. The number of rotatable bonds is 4. The molecule has 0 amide bonds. The number of hydrogen-bond donors (Lipinski definition) is 1. The van der Waals surface area contributed by atoms with Crippen LogP contribution < -0.4 is 4.74 Å². The summed E-state index contributed by atoms with van der Waals surface area (Å²) in [5, 5.41) is 20.1. The Bertz CT molecular complexity index is 629. The van der Waals surface area contributed by atoms with Crippen LogP contribution >= 0.6 is 15.9 Å². The molecule has 6 nitrogen and oxygen atoms in total. The zero-order chi connectivity index (χ0) is 14.7. The number of non-ortho nitro benzene ring substituents is 1. The van der Waals surface area contributed by atoms with Crippen LogP contribution in [0.5, 0.6) is 11.6 Å². The highest BCUT2D eigenvalue weighted by Crippen LogP contribution is 2.29. The van der Waals surface area contributed by atoms with Gasteiger partial charge >= 0.3 is 0 Å². The highest BCUT2D eigenvalue weighted by atomic mass is 79.9. The topological polar surface area (TPSA) is 85.5 Å². The summed E-state index contributed by atoms with van der Waals surface area (Å²) in [6.07, 6.45) is 0.885. The van der Waals surface area contributed by atoms with Crippen LogP contribution in [0.3, 0.4) is 0 Å². The molecule has 0 aliphatic heterocycles. The smallest absolute Gasteiger partial charge is 0.274 e. The second-order valence-electron chi connectivity index (χ2n) is 4.11. The summed E-state index contributed by atoms with van der Waals surface area (Å²) in [6.45, 7) is 1.63. The number of pyridine rings is 1. The molecule has 20 heavy (non-hydrogen) atoms. The van der Waals surface area contributed by atoms with E-state index in [0.717, 1.165) is 0 Å². The Balaban J connectivity index is 2.23. The first kappa shape index (κ1) is 14.4. The molecule has 2 rings (SSSR count). The Kier molecular flexibility index (Phi) is 4.31. The summed E-state index contributed by atoms with van der Waals surface area (Å²) >= 11 is 3.19. The van der Waals surface area contributed by atoms with E-state index < -0.39 is 11.0 Å². The number of ether oxygens (including phenoxy) is 1. The van der Waals surface area contributed by atoms with E-state index in [9.17, 15) is 15.2 Å². The monoisotopic (exact) mass is 338 g/mol. The molecule has 0 fully saturated rings. The largest absolute Gasteiger partial charge is 0.439 e. The van der Waals surface area contributed by atoms with Crippen molar-refractivity contribution in [2.24, 2.45) is 0 Å². The number of nitro benzene ring substituents is 1. The van der Waals surface area contributed by atoms with Crippen LogP contribution in [0.2, 0.25) is 0 Å². The first-order chi connectivity index (χ1) is 9.45. The summed E-state index contributed by atoms with van der Waals surface area (Å²) in [5.74, 6) is 0.602. The lowest BCUT2D eigenvalue weighted by Gasteiger charge is -2.07. The van der Waals surface area contributed by atoms with Gasteiger partial charge in [-0.1, -0.05) is 15.9 Å². The van der Waals surface area contributed by atoms with E-state index in [2.05, 4.69) is 20.9 Å². The molecule has 0 saturated heterocycles. The van der Waals surface area contributed by atoms with Crippen LogP contribution in [0, 0.1) is 10.1 Å². The molecule has 1 aromatic carbocycles. The first-order valence-electron chi connectivity index (χ1n) is 5.72. The normalized spacial score (nSPS) is 11.9. The highest BCUT2D eigenvalue weighted by Gasteiger charge is 2.11. The van der Waals surface area contributed by atoms with E-state index in [1.165, 1.54) is 18.3 Å². The van der Waals surface area contributed by atoms with Gasteiger partial charge in [0.25, 0.3) is 5.69 Å². The molecule has 0 bridgehead atoms. The van der Waals surface area contributed by atoms with E-state index >= 15 is 0 Å². The van der Waals surface area contributed by atoms with Crippen molar-refractivity contribution in [3.8, 4) is 11.6 Å². The number of aliphatic hydroxyl groups excluding tert-OH is 1. The van der Waals surface area contributed by atoms with Crippen molar-refractivity contribution >= 4 is 21.6 Å². The molecule has 1 atom stereocenters. The van der Waals surface area contributed by atoms with Gasteiger partial charge < -0.3 is 9.84 Å². The van der Waals surface area contributed by atoms with Gasteiger partial charge in [-0.25, -0.2) is 4.98 Å². The molecule has 104 valence electrons. The minimum absolute atomic E-state index is 0.0741. The van der Waals surface area contributed by atoms with Gasteiger partial charge in [0.1, 0.15) is 5.75 Å². The third kappa shape index (κ3) is 3.52. The fourth-order valence-electron chi connectivity index (χ4n) is 1.53. The van der Waals surface area contributed by atoms with Gasteiger partial charge in [-0.15, -0.1) is 0 Å². The van der Waals surface area contributed by atoms with Gasteiger partial charge in [0.2, 0.25) is 5.88 Å². The summed E-state index contributed by atoms with van der Waals surface area (Å²) in [7, 11) is 0. The zero-order valence-electron chi connectivity index (χ0n) is 10.5. The molecule has 0 aliphatic carbocycles. The van der Waals surface area contributed by atoms with E-state index in [-0.39, 0.29) is 5.69 Å². The molecule has 0 aliphatic rings. The maximum Gasteiger partial charge on any atom is 0.274 e. The maximum absolute atomic E-state index is 10.8. The Hall–Kier alpha value is -1.99. The Morgan fingerprint density at radius 3 is 2.70 bits per heavy atom. The maximum atomic E-state index is 10.8. The SMILES string of the molecule is C[C@H](O)c1ccc(Oc2cc(Br)cc([N+](=O)[O-])c2)nc1. The number of benzene rings is 1. The third-order valence-corrected chi connectivity index (χ3v) is 2.99. The average Bonchev–Trinajstić information content (AvgIpc) is 2.38. The van der Waals surface area contributed by atoms with Crippen LogP contribution in [0.15, 0.2) is 41.0 Å². The first-order valence-corrected chi connectivity index (χ1v) is 6.52. The molecular formula is C13H11BrN2O4. The molecule has 2 aromatic rings. The van der Waals surface area contributed by atoms with Gasteiger partial charge in [0.05, 0.1) is 17.1 Å². The summed E-state index contributed by atoms with van der Waals surface area (Å²) in [6, 6.07) is 7.58. The number of nitrogens with zero attached hydrogens (tertiary/aromatic N) is 2. The van der Waals surface area contributed by atoms with Crippen molar-refractivity contribution in [3.63, 3.8) is 0 Å². The Morgan fingerprint density at radius 1 is 1.40 bits per heavy atom. The van der Waals surface area contributed by atoms with Crippen molar-refractivity contribution in [3.05, 3.63) is 56.7 Å². The second kappa shape index (κ2) is 5.98. The van der Waals surface area contributed by atoms with Crippen molar-refractivity contribution in [1.29, 1.82) is 0 Å². The molecule has 0 radical (unpaired) electrons. The fourth-order valence-corrected chi connectivity index (χ4v) is 1.99. The Labute approximate surface area is 123 Å². The summed E-state index contributed by atoms with van der Waals surface area (Å²) in [4.78, 5) is 14.3. The van der Waals surface area contributed by atoms with Crippen molar-refractivity contribution in [1.82, 2.24) is 4.98 Å². The quantitative estimate of drug-likeness (QED) is 0.679. The van der Waals surface area contributed by atoms with E-state index in [1.807, 2.05) is 0 Å². The molecule has 7 heteroatoms. The van der Waals surface area contributed by atoms with Crippen LogP contribution in [-0.4, -0.2) is 15.0 Å². The molecule has 1 N–H and O–H groups in total. The third-order valence-electron chi connectivity index (χ3n) is 2.53. The van der Waals surface area contributed by atoms with Crippen molar-refractivity contribution in [2.75, 3.05) is 0 Å². The number of halogens is 1. The lowest BCUT2D eigenvalue weighted by atomic mass is 10.2. The van der Waals surface area contributed by atoms with Gasteiger partial charge in [-0.05, 0) is 24.6 Å². The van der Waals surface area contributed by atoms with Gasteiger partial charge in [-0.3, -0.25) is 10.1 Å². The van der Waals surface area contributed by atoms with Gasteiger partial charge in [0.15, 0.2) is 0 Å². The predicted molar refractivity (Wildman–Crippen MR) is 75.7 cm³/mol. The van der Waals surface area contributed by atoms with Crippen LogP contribution in [-0.2, 0) is 0 Å². The van der Waals surface area contributed by atoms with Crippen LogP contribution in [0.4, 0.5) is 5.69 Å². The van der Waals surface area contributed by atoms with E-state index in [0.29, 0.717) is 21.7 Å². The number of aliphatic hydroxyl groups is 1. The number of hydrogen-bond acceptors (Lipinski definition) is 5. The molecule has 0 saturated carbocycles. The van der Waals surface area contributed by atoms with Crippen molar-refractivity contribution < 1.29 is 14.8 Å². The lowest BCUT2D eigenvalue weighted by molar-refractivity contribution is -0.385. The minimum Gasteiger partial charge on any atom is -0.439 e. The van der Waals surface area contributed by atoms with E-state index in [4.69, 9.17) is 4.74 Å². The number of nitro groups is 1. The number of aromatic nitrogens is 1. The lowest BCUT2D eigenvalue weighted by Crippen LogP contribution is -1.94. The standard InChI is InChI=1S/C13H11BrN2O4/c1-8(17)9-2-3-13(15-7-9)20-12-5-10(14)4-11(6-12)16(18)19/h2-8,17H,1H3/t8-/m0/s1. The van der Waals surface area contributed by atoms with Crippen LogP contribution in [0.1, 0.15) is 18.6 Å². The molecule has 0 unspecified atom stereocenters. The minimum atomic E-state index is -0.608. The molecule has 1 heterocycles. The molecular weight excluding hydrogens is 328 g/mol. The zero-order valence-corrected chi connectivity index (χ0v) is 12.1. The van der Waals surface area contributed by atoms with Gasteiger partial charge in [-0.2, -0.15) is 0 Å². The van der Waals surface area contributed by atoms with Crippen molar-refractivity contribution in [2.45, 2.75) is 13.0 Å². The van der Waals surface area contributed by atoms with Crippen LogP contribution in [0.25, 0.3) is 0 Å². The molecule has 1 aromatic heterocycles. The molecule has 0 spiro atoms. The van der Waals surface area contributed by atoms with Gasteiger partial charge in [0, 0.05) is 22.8 Å². The Morgan fingerprint density at radius 2 is 2.15 bits per heavy atom. The average molecular weight is 339 g/mol.